The zero-order valence-electron chi connectivity index (χ0n) is 11.2. The Hall–Kier alpha value is -1.27. The van der Waals surface area contributed by atoms with Crippen molar-refractivity contribution in [2.75, 3.05) is 20.8 Å². The van der Waals surface area contributed by atoms with Gasteiger partial charge >= 0.3 is 0 Å². The average Bonchev–Trinajstić information content (AvgIpc) is 2.39. The van der Waals surface area contributed by atoms with Gasteiger partial charge in [-0.15, -0.1) is 0 Å². The quantitative estimate of drug-likeness (QED) is 0.836. The largest absolute Gasteiger partial charge is 0.495 e. The minimum absolute atomic E-state index is 0.0361. The number of benzene rings is 1. The van der Waals surface area contributed by atoms with Crippen LogP contribution in [-0.2, 0) is 0 Å². The first-order valence-electron chi connectivity index (χ1n) is 5.86. The number of aliphatic hydroxyl groups is 1. The molecule has 0 aliphatic carbocycles. The lowest BCUT2D eigenvalue weighted by atomic mass is 10.1. The van der Waals surface area contributed by atoms with Crippen molar-refractivity contribution in [3.63, 3.8) is 0 Å². The molecule has 0 aromatic heterocycles. The SMILES string of the molecule is COc1cc(C(=O)NC(C)CCO)cc(OC)c1Br. The fourth-order valence-corrected chi connectivity index (χ4v) is 2.13. The number of carbonyl (C=O) groups excluding carboxylic acids is 1. The molecule has 2 N–H and O–H groups in total. The second-order valence-corrected chi connectivity index (χ2v) is 4.87. The van der Waals surface area contributed by atoms with E-state index in [0.717, 1.165) is 0 Å². The van der Waals surface area contributed by atoms with Crippen molar-refractivity contribution in [2.24, 2.45) is 0 Å². The smallest absolute Gasteiger partial charge is 0.251 e. The normalized spacial score (nSPS) is 11.8. The van der Waals surface area contributed by atoms with Gasteiger partial charge in [0.2, 0.25) is 0 Å². The molecule has 0 saturated heterocycles. The summed E-state index contributed by atoms with van der Waals surface area (Å²) in [6, 6.07) is 3.17. The molecule has 6 heteroatoms. The lowest BCUT2D eigenvalue weighted by Gasteiger charge is -2.15. The van der Waals surface area contributed by atoms with Crippen molar-refractivity contribution in [3.05, 3.63) is 22.2 Å². The zero-order chi connectivity index (χ0) is 14.4. The molecule has 5 nitrogen and oxygen atoms in total. The van der Waals surface area contributed by atoms with E-state index in [1.807, 2.05) is 6.92 Å². The Morgan fingerprint density at radius 2 is 1.89 bits per heavy atom. The van der Waals surface area contributed by atoms with E-state index in [2.05, 4.69) is 21.2 Å². The summed E-state index contributed by atoms with van der Waals surface area (Å²) in [5.41, 5.74) is 0.446. The Balaban J connectivity index is 2.97. The van der Waals surface area contributed by atoms with Crippen molar-refractivity contribution in [1.29, 1.82) is 0 Å². The number of halogens is 1. The molecule has 1 atom stereocenters. The molecular weight excluding hydrogens is 314 g/mol. The maximum absolute atomic E-state index is 12.1. The van der Waals surface area contributed by atoms with E-state index in [-0.39, 0.29) is 18.6 Å². The van der Waals surface area contributed by atoms with Crippen molar-refractivity contribution in [3.8, 4) is 11.5 Å². The van der Waals surface area contributed by atoms with Gasteiger partial charge in [0.15, 0.2) is 0 Å². The van der Waals surface area contributed by atoms with E-state index >= 15 is 0 Å². The van der Waals surface area contributed by atoms with Crippen LogP contribution in [0.1, 0.15) is 23.7 Å². The summed E-state index contributed by atoms with van der Waals surface area (Å²) in [6.45, 7) is 1.87. The molecule has 1 unspecified atom stereocenters. The molecule has 1 amide bonds. The Morgan fingerprint density at radius 1 is 1.37 bits per heavy atom. The van der Waals surface area contributed by atoms with Gasteiger partial charge in [-0.3, -0.25) is 4.79 Å². The van der Waals surface area contributed by atoms with Gasteiger partial charge in [0, 0.05) is 18.2 Å². The Kier molecular flexibility index (Phi) is 6.11. The van der Waals surface area contributed by atoms with E-state index in [1.54, 1.807) is 12.1 Å². The maximum atomic E-state index is 12.1. The topological polar surface area (TPSA) is 67.8 Å². The summed E-state index contributed by atoms with van der Waals surface area (Å²) in [5.74, 6) is 0.823. The summed E-state index contributed by atoms with van der Waals surface area (Å²) in [6.07, 6.45) is 0.510. The first kappa shape index (κ1) is 15.8. The van der Waals surface area contributed by atoms with Gasteiger partial charge in [-0.2, -0.15) is 0 Å². The summed E-state index contributed by atoms with van der Waals surface area (Å²) in [7, 11) is 3.05. The van der Waals surface area contributed by atoms with Gasteiger partial charge in [-0.05, 0) is 41.4 Å². The van der Waals surface area contributed by atoms with Crippen molar-refractivity contribution < 1.29 is 19.4 Å². The van der Waals surface area contributed by atoms with E-state index in [1.165, 1.54) is 14.2 Å². The minimum atomic E-state index is -0.231. The van der Waals surface area contributed by atoms with Crippen molar-refractivity contribution in [2.45, 2.75) is 19.4 Å². The standard InChI is InChI=1S/C13H18BrNO4/c1-8(4-5-16)15-13(17)9-6-10(18-2)12(14)11(7-9)19-3/h6-8,16H,4-5H2,1-3H3,(H,15,17). The summed E-state index contributed by atoms with van der Waals surface area (Å²) in [4.78, 5) is 12.1. The molecule has 1 aromatic carbocycles. The van der Waals surface area contributed by atoms with Crippen molar-refractivity contribution in [1.82, 2.24) is 5.32 Å². The Bertz CT molecular complexity index is 425. The predicted octanol–water partition coefficient (Wildman–Crippen LogP) is 1.97. The third-order valence-electron chi connectivity index (χ3n) is 2.65. The molecule has 0 fully saturated rings. The number of carbonyl (C=O) groups is 1. The van der Waals surface area contributed by atoms with E-state index in [9.17, 15) is 4.79 Å². The lowest BCUT2D eigenvalue weighted by molar-refractivity contribution is 0.0933. The average molecular weight is 332 g/mol. The highest BCUT2D eigenvalue weighted by molar-refractivity contribution is 9.10. The summed E-state index contributed by atoms with van der Waals surface area (Å²) < 4.78 is 11.0. The monoisotopic (exact) mass is 331 g/mol. The molecular formula is C13H18BrNO4. The first-order chi connectivity index (χ1) is 9.03. The number of hydrogen-bond acceptors (Lipinski definition) is 4. The van der Waals surface area contributed by atoms with Gasteiger partial charge in [0.1, 0.15) is 16.0 Å². The van der Waals surface area contributed by atoms with Crippen LogP contribution in [-0.4, -0.2) is 37.9 Å². The second-order valence-electron chi connectivity index (χ2n) is 4.08. The summed E-state index contributed by atoms with van der Waals surface area (Å²) in [5, 5.41) is 11.6. The number of amides is 1. The van der Waals surface area contributed by atoms with Crippen LogP contribution in [0.5, 0.6) is 11.5 Å². The predicted molar refractivity (Wildman–Crippen MR) is 75.9 cm³/mol. The van der Waals surface area contributed by atoms with Crippen LogP contribution < -0.4 is 14.8 Å². The van der Waals surface area contributed by atoms with Gasteiger partial charge < -0.3 is 19.9 Å². The number of nitrogens with one attached hydrogen (secondary N) is 1. The van der Waals surface area contributed by atoms with E-state index < -0.39 is 0 Å². The highest BCUT2D eigenvalue weighted by Crippen LogP contribution is 2.35. The molecule has 1 aromatic rings. The molecule has 19 heavy (non-hydrogen) atoms. The van der Waals surface area contributed by atoms with Crippen molar-refractivity contribution >= 4 is 21.8 Å². The maximum Gasteiger partial charge on any atom is 0.251 e. The zero-order valence-corrected chi connectivity index (χ0v) is 12.8. The van der Waals surface area contributed by atoms with Crippen LogP contribution in [0.2, 0.25) is 0 Å². The molecule has 1 rings (SSSR count). The number of methoxy groups -OCH3 is 2. The third kappa shape index (κ3) is 4.11. The highest BCUT2D eigenvalue weighted by Gasteiger charge is 2.15. The molecule has 0 bridgehead atoms. The van der Waals surface area contributed by atoms with Crippen LogP contribution >= 0.6 is 15.9 Å². The number of aliphatic hydroxyl groups excluding tert-OH is 1. The Labute approximate surface area is 121 Å². The molecule has 0 heterocycles. The fourth-order valence-electron chi connectivity index (χ4n) is 1.57. The van der Waals surface area contributed by atoms with Gasteiger partial charge in [0.05, 0.1) is 14.2 Å². The lowest BCUT2D eigenvalue weighted by Crippen LogP contribution is -2.33. The number of hydrogen-bond donors (Lipinski definition) is 2. The number of ether oxygens (including phenoxy) is 2. The molecule has 0 spiro atoms. The number of rotatable bonds is 6. The van der Waals surface area contributed by atoms with Crippen LogP contribution in [0.25, 0.3) is 0 Å². The van der Waals surface area contributed by atoms with Gasteiger partial charge in [-0.25, -0.2) is 0 Å². The second kappa shape index (κ2) is 7.35. The minimum Gasteiger partial charge on any atom is -0.495 e. The van der Waals surface area contributed by atoms with Crippen LogP contribution in [0, 0.1) is 0 Å². The van der Waals surface area contributed by atoms with Gasteiger partial charge in [0.25, 0.3) is 5.91 Å². The molecule has 106 valence electrons. The third-order valence-corrected chi connectivity index (χ3v) is 3.43. The van der Waals surface area contributed by atoms with E-state index in [4.69, 9.17) is 14.6 Å². The van der Waals surface area contributed by atoms with Crippen LogP contribution in [0.3, 0.4) is 0 Å². The fraction of sp³-hybridized carbons (Fsp3) is 0.462. The molecule has 0 saturated carbocycles. The first-order valence-corrected chi connectivity index (χ1v) is 6.66. The molecule has 0 aliphatic heterocycles. The van der Waals surface area contributed by atoms with Gasteiger partial charge in [-0.1, -0.05) is 0 Å². The Morgan fingerprint density at radius 3 is 2.32 bits per heavy atom. The van der Waals surface area contributed by atoms with Crippen LogP contribution in [0.15, 0.2) is 16.6 Å². The van der Waals surface area contributed by atoms with E-state index in [0.29, 0.717) is 28.0 Å². The van der Waals surface area contributed by atoms with Crippen LogP contribution in [0.4, 0.5) is 0 Å². The molecule has 0 radical (unpaired) electrons. The molecule has 0 aliphatic rings. The summed E-state index contributed by atoms with van der Waals surface area (Å²) >= 11 is 3.35. The highest BCUT2D eigenvalue weighted by atomic mass is 79.9.